The Balaban J connectivity index is 2.19. The number of rotatable bonds is 2. The van der Waals surface area contributed by atoms with Crippen molar-refractivity contribution in [1.29, 1.82) is 0 Å². The molecule has 0 bridgehead atoms. The topological polar surface area (TPSA) is 29.3 Å². The van der Waals surface area contributed by atoms with Crippen LogP contribution in [0.1, 0.15) is 47.0 Å². The van der Waals surface area contributed by atoms with Gasteiger partial charge in [-0.3, -0.25) is 4.90 Å². The van der Waals surface area contributed by atoms with Crippen molar-refractivity contribution in [3.63, 3.8) is 0 Å². The van der Waals surface area contributed by atoms with Crippen molar-refractivity contribution in [1.82, 2.24) is 4.90 Å². The molecular formula is C15H30N2S. The maximum atomic E-state index is 6.26. The normalized spacial score (nSPS) is 47.2. The highest BCUT2D eigenvalue weighted by Crippen LogP contribution is 2.42. The smallest absolute Gasteiger partial charge is 0.0360 e. The van der Waals surface area contributed by atoms with Crippen molar-refractivity contribution in [2.45, 2.75) is 63.0 Å². The van der Waals surface area contributed by atoms with Crippen LogP contribution in [0.2, 0.25) is 0 Å². The van der Waals surface area contributed by atoms with E-state index in [2.05, 4.69) is 44.4 Å². The number of nitrogens with two attached hydrogens (primary N) is 1. The average molecular weight is 270 g/mol. The maximum absolute atomic E-state index is 6.26. The first-order chi connectivity index (χ1) is 8.48. The first-order valence-electron chi connectivity index (χ1n) is 7.58. The van der Waals surface area contributed by atoms with Crippen molar-refractivity contribution in [3.8, 4) is 0 Å². The van der Waals surface area contributed by atoms with Crippen LogP contribution in [0.15, 0.2) is 0 Å². The molecule has 2 nitrogen and oxygen atoms in total. The van der Waals surface area contributed by atoms with Crippen LogP contribution in [0.5, 0.6) is 0 Å². The zero-order chi connectivity index (χ0) is 13.3. The van der Waals surface area contributed by atoms with E-state index in [0.717, 1.165) is 28.9 Å². The molecule has 1 heterocycles. The van der Waals surface area contributed by atoms with Gasteiger partial charge in [-0.05, 0) is 24.7 Å². The molecule has 5 unspecified atom stereocenters. The van der Waals surface area contributed by atoms with Crippen molar-refractivity contribution in [2.75, 3.05) is 19.6 Å². The molecule has 1 aliphatic heterocycles. The van der Waals surface area contributed by atoms with Crippen LogP contribution in [0.3, 0.4) is 0 Å². The Morgan fingerprint density at radius 1 is 1.11 bits per heavy atom. The van der Waals surface area contributed by atoms with Crippen molar-refractivity contribution < 1.29 is 0 Å². The predicted molar refractivity (Wildman–Crippen MR) is 82.1 cm³/mol. The molecule has 5 atom stereocenters. The summed E-state index contributed by atoms with van der Waals surface area (Å²) in [4.78, 5) is 2.75. The fourth-order valence-corrected chi connectivity index (χ4v) is 5.43. The summed E-state index contributed by atoms with van der Waals surface area (Å²) in [5.74, 6) is 1.59. The third-order valence-electron chi connectivity index (χ3n) is 5.11. The fourth-order valence-electron chi connectivity index (χ4n) is 4.11. The van der Waals surface area contributed by atoms with Gasteiger partial charge in [0.25, 0.3) is 0 Å². The monoisotopic (exact) mass is 270 g/mol. The molecular weight excluding hydrogens is 240 g/mol. The van der Waals surface area contributed by atoms with Gasteiger partial charge in [-0.15, -0.1) is 0 Å². The summed E-state index contributed by atoms with van der Waals surface area (Å²) < 4.78 is 0. The lowest BCUT2D eigenvalue weighted by atomic mass is 9.68. The summed E-state index contributed by atoms with van der Waals surface area (Å²) in [6.45, 7) is 12.9. The lowest BCUT2D eigenvalue weighted by Gasteiger charge is -2.54. The Bertz CT molecular complexity index is 274. The summed E-state index contributed by atoms with van der Waals surface area (Å²) in [5, 5.41) is 1.50. The molecule has 2 rings (SSSR count). The van der Waals surface area contributed by atoms with Crippen molar-refractivity contribution in [3.05, 3.63) is 0 Å². The first-order valence-corrected chi connectivity index (χ1v) is 8.52. The molecule has 3 heteroatoms. The van der Waals surface area contributed by atoms with Gasteiger partial charge in [-0.2, -0.15) is 11.8 Å². The quantitative estimate of drug-likeness (QED) is 0.836. The van der Waals surface area contributed by atoms with Crippen LogP contribution < -0.4 is 5.73 Å². The molecule has 0 radical (unpaired) electrons. The van der Waals surface area contributed by atoms with E-state index in [-0.39, 0.29) is 5.54 Å². The Morgan fingerprint density at radius 3 is 2.28 bits per heavy atom. The van der Waals surface area contributed by atoms with E-state index >= 15 is 0 Å². The zero-order valence-corrected chi connectivity index (χ0v) is 13.3. The minimum atomic E-state index is 0.279. The average Bonchev–Trinajstić information content (AvgIpc) is 2.31. The summed E-state index contributed by atoms with van der Waals surface area (Å²) in [6, 6.07) is 0. The van der Waals surface area contributed by atoms with Gasteiger partial charge in [0.2, 0.25) is 0 Å². The lowest BCUT2D eigenvalue weighted by molar-refractivity contribution is -0.00481. The summed E-state index contributed by atoms with van der Waals surface area (Å²) in [5.41, 5.74) is 6.54. The highest BCUT2D eigenvalue weighted by Gasteiger charge is 2.45. The van der Waals surface area contributed by atoms with Crippen LogP contribution >= 0.6 is 11.8 Å². The van der Waals surface area contributed by atoms with Crippen LogP contribution in [-0.4, -0.2) is 40.6 Å². The molecule has 2 fully saturated rings. The second-order valence-corrected chi connectivity index (χ2v) is 8.64. The van der Waals surface area contributed by atoms with E-state index in [1.54, 1.807) is 0 Å². The van der Waals surface area contributed by atoms with Gasteiger partial charge in [0.1, 0.15) is 0 Å². The van der Waals surface area contributed by atoms with E-state index in [9.17, 15) is 0 Å². The SMILES string of the molecule is CC1CCC(C)C(CN)(N2CC(C)SC(C)C2)C1. The summed E-state index contributed by atoms with van der Waals surface area (Å²) in [7, 11) is 0. The van der Waals surface area contributed by atoms with Crippen LogP contribution in [-0.2, 0) is 0 Å². The van der Waals surface area contributed by atoms with Crippen LogP contribution in [0.25, 0.3) is 0 Å². The molecule has 0 spiro atoms. The van der Waals surface area contributed by atoms with Gasteiger partial charge in [-0.1, -0.05) is 34.1 Å². The van der Waals surface area contributed by atoms with E-state index in [1.807, 2.05) is 0 Å². The molecule has 0 amide bonds. The summed E-state index contributed by atoms with van der Waals surface area (Å²) >= 11 is 2.14. The van der Waals surface area contributed by atoms with E-state index < -0.39 is 0 Å². The maximum Gasteiger partial charge on any atom is 0.0360 e. The molecule has 2 aliphatic rings. The van der Waals surface area contributed by atoms with Crippen molar-refractivity contribution >= 4 is 11.8 Å². The largest absolute Gasteiger partial charge is 0.329 e. The van der Waals surface area contributed by atoms with Gasteiger partial charge < -0.3 is 5.73 Å². The third-order valence-corrected chi connectivity index (χ3v) is 6.34. The molecule has 2 N–H and O–H groups in total. The Labute approximate surface area is 117 Å². The van der Waals surface area contributed by atoms with Crippen molar-refractivity contribution in [2.24, 2.45) is 17.6 Å². The highest BCUT2D eigenvalue weighted by atomic mass is 32.2. The minimum Gasteiger partial charge on any atom is -0.329 e. The second kappa shape index (κ2) is 5.72. The third kappa shape index (κ3) is 2.73. The number of hydrogen-bond acceptors (Lipinski definition) is 3. The van der Waals surface area contributed by atoms with Gasteiger partial charge in [0.05, 0.1) is 0 Å². The highest BCUT2D eigenvalue weighted by molar-refractivity contribution is 8.00. The Kier molecular flexibility index (Phi) is 4.66. The van der Waals surface area contributed by atoms with Crippen LogP contribution in [0, 0.1) is 11.8 Å². The van der Waals surface area contributed by atoms with Gasteiger partial charge in [0.15, 0.2) is 0 Å². The number of hydrogen-bond donors (Lipinski definition) is 1. The molecule has 106 valence electrons. The van der Waals surface area contributed by atoms with Crippen LogP contribution in [0.4, 0.5) is 0 Å². The standard InChI is InChI=1S/C15H30N2S/c1-11-5-6-12(2)15(7-11,10-16)17-8-13(3)18-14(4)9-17/h11-14H,5-10,16H2,1-4H3. The van der Waals surface area contributed by atoms with Gasteiger partial charge in [0, 0.05) is 35.7 Å². The minimum absolute atomic E-state index is 0.279. The zero-order valence-electron chi connectivity index (χ0n) is 12.5. The molecule has 1 saturated carbocycles. The predicted octanol–water partition coefficient (Wildman–Crippen LogP) is 2.97. The Morgan fingerprint density at radius 2 is 1.72 bits per heavy atom. The molecule has 18 heavy (non-hydrogen) atoms. The molecule has 0 aromatic carbocycles. The van der Waals surface area contributed by atoms with E-state index in [4.69, 9.17) is 5.73 Å². The molecule has 1 saturated heterocycles. The molecule has 1 aliphatic carbocycles. The molecule has 0 aromatic rings. The fraction of sp³-hybridized carbons (Fsp3) is 1.00. The Hall–Kier alpha value is 0.270. The molecule has 0 aromatic heterocycles. The first kappa shape index (κ1) is 14.7. The number of nitrogens with zero attached hydrogens (tertiary/aromatic N) is 1. The number of thioether (sulfide) groups is 1. The lowest BCUT2D eigenvalue weighted by Crippen LogP contribution is -2.63. The summed E-state index contributed by atoms with van der Waals surface area (Å²) in [6.07, 6.45) is 4.04. The van der Waals surface area contributed by atoms with Gasteiger partial charge >= 0.3 is 0 Å². The van der Waals surface area contributed by atoms with Gasteiger partial charge in [-0.25, -0.2) is 0 Å². The second-order valence-electron chi connectivity index (χ2n) is 6.76. The van der Waals surface area contributed by atoms with E-state index in [0.29, 0.717) is 0 Å². The van der Waals surface area contributed by atoms with E-state index in [1.165, 1.54) is 32.4 Å².